The van der Waals surface area contributed by atoms with Crippen LogP contribution in [-0.2, 0) is 14.8 Å². The van der Waals surface area contributed by atoms with Crippen molar-refractivity contribution in [2.24, 2.45) is 0 Å². The van der Waals surface area contributed by atoms with E-state index in [0.717, 1.165) is 0 Å². The van der Waals surface area contributed by atoms with Crippen molar-refractivity contribution in [1.29, 1.82) is 5.26 Å². The Morgan fingerprint density at radius 1 is 1.18 bits per heavy atom. The van der Waals surface area contributed by atoms with E-state index in [1.54, 1.807) is 42.2 Å². The summed E-state index contributed by atoms with van der Waals surface area (Å²) in [5, 5.41) is 9.04. The number of carbonyl (C=O) groups excluding carboxylic acids is 1. The molecule has 1 fully saturated rings. The first-order chi connectivity index (χ1) is 17.9. The second kappa shape index (κ2) is 12.3. The summed E-state index contributed by atoms with van der Waals surface area (Å²) in [6.45, 7) is 8.12. The fraction of sp³-hybridized carbons (Fsp3) is 0.429. The summed E-state index contributed by atoms with van der Waals surface area (Å²) in [6, 6.07) is 12.7. The zero-order valence-electron chi connectivity index (χ0n) is 22.2. The monoisotopic (exact) mass is 543 g/mol. The molecule has 1 aliphatic rings. The summed E-state index contributed by atoms with van der Waals surface area (Å²) in [4.78, 5) is 13.9. The van der Waals surface area contributed by atoms with Crippen LogP contribution in [0.3, 0.4) is 0 Å². The van der Waals surface area contributed by atoms with Crippen molar-refractivity contribution in [1.82, 2.24) is 4.90 Å². The van der Waals surface area contributed by atoms with Crippen LogP contribution >= 0.6 is 0 Å². The molecular weight excluding hydrogens is 509 g/mol. The standard InChI is InChI=1S/C28H34FN3O5S/c1-5-38(34,35)32(16-6-7-22-19-21(20-30)8-13-26(22)29)23-9-11-24(12-10-23)36-25-14-17-31(18-15-25)27(33)37-28(2,3)4/h6-13,19,25H,5,14-18H2,1-4H3/b7-6+. The molecule has 8 nitrogen and oxygen atoms in total. The van der Waals surface area contributed by atoms with Gasteiger partial charge in [0.25, 0.3) is 0 Å². The lowest BCUT2D eigenvalue weighted by molar-refractivity contribution is 0.0126. The minimum atomic E-state index is -3.61. The summed E-state index contributed by atoms with van der Waals surface area (Å²) < 4.78 is 52.4. The van der Waals surface area contributed by atoms with Crippen molar-refractivity contribution in [2.45, 2.75) is 52.2 Å². The van der Waals surface area contributed by atoms with Crippen LogP contribution in [0.25, 0.3) is 6.08 Å². The number of anilines is 1. The molecule has 0 saturated carbocycles. The van der Waals surface area contributed by atoms with E-state index in [-0.39, 0.29) is 30.1 Å². The highest BCUT2D eigenvalue weighted by atomic mass is 32.2. The van der Waals surface area contributed by atoms with E-state index in [1.165, 1.54) is 28.6 Å². The SMILES string of the molecule is CCS(=O)(=O)N(C/C=C/c1cc(C#N)ccc1F)c1ccc(OC2CCN(C(=O)OC(C)(C)C)CC2)cc1. The van der Waals surface area contributed by atoms with Crippen molar-refractivity contribution >= 4 is 27.9 Å². The molecule has 0 radical (unpaired) electrons. The minimum Gasteiger partial charge on any atom is -0.490 e. The lowest BCUT2D eigenvalue weighted by atomic mass is 10.1. The second-order valence-corrected chi connectivity index (χ2v) is 12.1. The number of carbonyl (C=O) groups is 1. The van der Waals surface area contributed by atoms with Gasteiger partial charge in [-0.1, -0.05) is 12.2 Å². The maximum absolute atomic E-state index is 14.1. The van der Waals surface area contributed by atoms with Gasteiger partial charge >= 0.3 is 6.09 Å². The smallest absolute Gasteiger partial charge is 0.410 e. The Morgan fingerprint density at radius 3 is 2.42 bits per heavy atom. The molecule has 0 unspecified atom stereocenters. The molecule has 204 valence electrons. The van der Waals surface area contributed by atoms with Gasteiger partial charge in [-0.3, -0.25) is 4.31 Å². The molecular formula is C28H34FN3O5S. The van der Waals surface area contributed by atoms with Gasteiger partial charge in [-0.15, -0.1) is 0 Å². The summed E-state index contributed by atoms with van der Waals surface area (Å²) >= 11 is 0. The van der Waals surface area contributed by atoms with Gasteiger partial charge in [0.05, 0.1) is 29.6 Å². The van der Waals surface area contributed by atoms with Crippen LogP contribution in [-0.4, -0.2) is 56.5 Å². The largest absolute Gasteiger partial charge is 0.490 e. The highest BCUT2D eigenvalue weighted by Gasteiger charge is 2.28. The van der Waals surface area contributed by atoms with Crippen LogP contribution in [0.1, 0.15) is 51.7 Å². The lowest BCUT2D eigenvalue weighted by Crippen LogP contribution is -2.44. The predicted octanol–water partition coefficient (Wildman–Crippen LogP) is 5.35. The summed E-state index contributed by atoms with van der Waals surface area (Å²) in [5.41, 5.74) is 0.434. The van der Waals surface area contributed by atoms with E-state index >= 15 is 0 Å². The first-order valence-corrected chi connectivity index (χ1v) is 14.1. The topological polar surface area (TPSA) is 99.9 Å². The third-order valence-electron chi connectivity index (χ3n) is 5.92. The number of benzene rings is 2. The molecule has 10 heteroatoms. The van der Waals surface area contributed by atoms with E-state index in [0.29, 0.717) is 42.9 Å². The molecule has 38 heavy (non-hydrogen) atoms. The Kier molecular flexibility index (Phi) is 9.39. The molecule has 0 bridgehead atoms. The second-order valence-electron chi connectivity index (χ2n) is 9.96. The van der Waals surface area contributed by atoms with Crippen LogP contribution in [0.4, 0.5) is 14.9 Å². The number of hydrogen-bond donors (Lipinski definition) is 0. The van der Waals surface area contributed by atoms with E-state index in [4.69, 9.17) is 14.7 Å². The van der Waals surface area contributed by atoms with Crippen molar-refractivity contribution in [2.75, 3.05) is 29.7 Å². The average molecular weight is 544 g/mol. The molecule has 1 heterocycles. The van der Waals surface area contributed by atoms with Crippen LogP contribution in [0.15, 0.2) is 48.5 Å². The quantitative estimate of drug-likeness (QED) is 0.445. The third kappa shape index (κ3) is 7.96. The van der Waals surface area contributed by atoms with Gasteiger partial charge in [0.15, 0.2) is 0 Å². The molecule has 0 aliphatic carbocycles. The third-order valence-corrected chi connectivity index (χ3v) is 7.68. The van der Waals surface area contributed by atoms with Crippen LogP contribution < -0.4 is 9.04 Å². The number of piperidine rings is 1. The molecule has 0 spiro atoms. The van der Waals surface area contributed by atoms with Gasteiger partial charge in [0, 0.05) is 31.5 Å². The van der Waals surface area contributed by atoms with Crippen LogP contribution in [0.5, 0.6) is 5.75 Å². The number of amides is 1. The lowest BCUT2D eigenvalue weighted by Gasteiger charge is -2.33. The van der Waals surface area contributed by atoms with Crippen molar-refractivity contribution in [3.05, 3.63) is 65.5 Å². The predicted molar refractivity (Wildman–Crippen MR) is 145 cm³/mol. The maximum Gasteiger partial charge on any atom is 0.410 e. The van der Waals surface area contributed by atoms with E-state index in [9.17, 15) is 17.6 Å². The van der Waals surface area contributed by atoms with Crippen LogP contribution in [0, 0.1) is 17.1 Å². The molecule has 2 aromatic carbocycles. The molecule has 1 aliphatic heterocycles. The highest BCUT2D eigenvalue weighted by molar-refractivity contribution is 7.92. The van der Waals surface area contributed by atoms with E-state index < -0.39 is 21.4 Å². The zero-order chi connectivity index (χ0) is 27.9. The van der Waals surface area contributed by atoms with E-state index in [1.807, 2.05) is 26.8 Å². The van der Waals surface area contributed by atoms with Gasteiger partial charge in [-0.2, -0.15) is 5.26 Å². The van der Waals surface area contributed by atoms with Gasteiger partial charge < -0.3 is 14.4 Å². The first kappa shape index (κ1) is 29.0. The Morgan fingerprint density at radius 2 is 1.84 bits per heavy atom. The zero-order valence-corrected chi connectivity index (χ0v) is 23.0. The number of halogens is 1. The normalized spacial score (nSPS) is 14.8. The van der Waals surface area contributed by atoms with Crippen molar-refractivity contribution in [3.63, 3.8) is 0 Å². The maximum atomic E-state index is 14.1. The van der Waals surface area contributed by atoms with Gasteiger partial charge in [0.2, 0.25) is 10.0 Å². The summed E-state index contributed by atoms with van der Waals surface area (Å²) in [7, 11) is -3.61. The Balaban J connectivity index is 1.64. The number of likely N-dealkylation sites (tertiary alicyclic amines) is 1. The van der Waals surface area contributed by atoms with Crippen molar-refractivity contribution in [3.8, 4) is 11.8 Å². The Bertz CT molecular complexity index is 1290. The van der Waals surface area contributed by atoms with Crippen LogP contribution in [0.2, 0.25) is 0 Å². The highest BCUT2D eigenvalue weighted by Crippen LogP contribution is 2.25. The molecule has 0 atom stereocenters. The number of hydrogen-bond acceptors (Lipinski definition) is 6. The molecule has 0 aromatic heterocycles. The molecule has 1 saturated heterocycles. The van der Waals surface area contributed by atoms with Crippen molar-refractivity contribution < 1.29 is 27.1 Å². The molecule has 3 rings (SSSR count). The number of nitriles is 1. The molecule has 1 amide bonds. The summed E-state index contributed by atoms with van der Waals surface area (Å²) in [6.07, 6.45) is 3.94. The number of ether oxygens (including phenoxy) is 2. The molecule has 0 N–H and O–H groups in total. The van der Waals surface area contributed by atoms with E-state index in [2.05, 4.69) is 0 Å². The Hall–Kier alpha value is -3.58. The molecule has 2 aromatic rings. The van der Waals surface area contributed by atoms with Gasteiger partial charge in [0.1, 0.15) is 23.3 Å². The van der Waals surface area contributed by atoms with Gasteiger partial charge in [-0.25, -0.2) is 17.6 Å². The Labute approximate surface area is 224 Å². The number of sulfonamides is 1. The average Bonchev–Trinajstić information content (AvgIpc) is 2.87. The van der Waals surface area contributed by atoms with Gasteiger partial charge in [-0.05, 0) is 70.2 Å². The number of nitrogens with zero attached hydrogens (tertiary/aromatic N) is 3. The number of rotatable bonds is 8. The fourth-order valence-corrected chi connectivity index (χ4v) is 4.99. The minimum absolute atomic E-state index is 0.00424. The fourth-order valence-electron chi connectivity index (χ4n) is 3.92. The first-order valence-electron chi connectivity index (χ1n) is 12.5. The summed E-state index contributed by atoms with van der Waals surface area (Å²) in [5.74, 6) is 0.000888.